The van der Waals surface area contributed by atoms with Crippen LogP contribution in [0.1, 0.15) is 46.1 Å². The Labute approximate surface area is 203 Å². The molecule has 0 spiro atoms. The van der Waals surface area contributed by atoms with Crippen LogP contribution < -0.4 is 10.6 Å². The van der Waals surface area contributed by atoms with E-state index in [1.54, 1.807) is 25.1 Å². The number of hydrogen-bond donors (Lipinski definition) is 2. The van der Waals surface area contributed by atoms with Crippen LogP contribution in [0, 0.1) is 6.92 Å². The number of anilines is 1. The molecule has 34 heavy (non-hydrogen) atoms. The van der Waals surface area contributed by atoms with Crippen LogP contribution in [0.3, 0.4) is 0 Å². The summed E-state index contributed by atoms with van der Waals surface area (Å²) in [6.07, 6.45) is 2.14. The van der Waals surface area contributed by atoms with Gasteiger partial charge < -0.3 is 10.6 Å². The highest BCUT2D eigenvalue weighted by Crippen LogP contribution is 2.24. The van der Waals surface area contributed by atoms with Crippen molar-refractivity contribution in [1.82, 2.24) is 19.4 Å². The van der Waals surface area contributed by atoms with Gasteiger partial charge in [-0.3, -0.25) is 19.4 Å². The van der Waals surface area contributed by atoms with E-state index in [1.807, 2.05) is 27.7 Å². The summed E-state index contributed by atoms with van der Waals surface area (Å²) in [7, 11) is -3.62. The summed E-state index contributed by atoms with van der Waals surface area (Å²) in [6.45, 7) is 12.7. The van der Waals surface area contributed by atoms with Crippen molar-refractivity contribution in [2.24, 2.45) is 0 Å². The molecule has 1 aliphatic carbocycles. The van der Waals surface area contributed by atoms with Gasteiger partial charge in [-0.1, -0.05) is 19.9 Å². The zero-order valence-corrected chi connectivity index (χ0v) is 21.8. The standard InChI is InChI=1S/C24H39N5O4S/c1-6-29(7-2)34(32,33)22-16-21(9-8-17(22)3)26-24(31)19(5)28-14-12-27(13-15-28)18(4)23(30)25-20-10-11-20/h8-9,16,18-20H,6-7,10-15H2,1-5H3,(H,25,30)(H,26,31)/t18-,19-/m0/s1. The summed E-state index contributed by atoms with van der Waals surface area (Å²) >= 11 is 0. The van der Waals surface area contributed by atoms with Gasteiger partial charge >= 0.3 is 0 Å². The van der Waals surface area contributed by atoms with Gasteiger partial charge in [0.05, 0.1) is 17.0 Å². The maximum atomic E-state index is 13.0. The second-order valence-electron chi connectivity index (χ2n) is 9.27. The van der Waals surface area contributed by atoms with E-state index in [1.165, 1.54) is 4.31 Å². The third-order valence-corrected chi connectivity index (χ3v) is 9.10. The van der Waals surface area contributed by atoms with Gasteiger partial charge in [-0.25, -0.2) is 8.42 Å². The molecule has 0 unspecified atom stereocenters. The number of carbonyl (C=O) groups is 2. The summed E-state index contributed by atoms with van der Waals surface area (Å²) in [5.74, 6) is -0.0976. The van der Waals surface area contributed by atoms with Crippen LogP contribution in [-0.2, 0) is 19.6 Å². The Balaban J connectivity index is 1.59. The lowest BCUT2D eigenvalue weighted by atomic mass is 10.1. The number of nitrogens with zero attached hydrogens (tertiary/aromatic N) is 3. The Morgan fingerprint density at radius 2 is 1.53 bits per heavy atom. The van der Waals surface area contributed by atoms with Gasteiger partial charge in [-0.2, -0.15) is 4.31 Å². The number of hydrogen-bond acceptors (Lipinski definition) is 6. The summed E-state index contributed by atoms with van der Waals surface area (Å²) in [4.78, 5) is 29.8. The van der Waals surface area contributed by atoms with E-state index >= 15 is 0 Å². The maximum Gasteiger partial charge on any atom is 0.243 e. The second-order valence-corrected chi connectivity index (χ2v) is 11.2. The molecule has 1 heterocycles. The molecule has 0 bridgehead atoms. The monoisotopic (exact) mass is 493 g/mol. The van der Waals surface area contributed by atoms with Crippen molar-refractivity contribution in [2.75, 3.05) is 44.6 Å². The van der Waals surface area contributed by atoms with Gasteiger partial charge in [0.2, 0.25) is 21.8 Å². The molecule has 1 saturated heterocycles. The molecule has 2 amide bonds. The Kier molecular flexibility index (Phi) is 8.72. The minimum Gasteiger partial charge on any atom is -0.352 e. The van der Waals surface area contributed by atoms with Gasteiger partial charge in [0, 0.05) is 51.0 Å². The van der Waals surface area contributed by atoms with Gasteiger partial charge in [0.25, 0.3) is 0 Å². The zero-order valence-electron chi connectivity index (χ0n) is 21.0. The van der Waals surface area contributed by atoms with Crippen molar-refractivity contribution >= 4 is 27.5 Å². The third kappa shape index (κ3) is 6.16. The average molecular weight is 494 g/mol. The molecule has 2 aliphatic rings. The molecule has 3 rings (SSSR count). The summed E-state index contributed by atoms with van der Waals surface area (Å²) < 4.78 is 27.4. The van der Waals surface area contributed by atoms with Crippen LogP contribution in [0.2, 0.25) is 0 Å². The molecular formula is C24H39N5O4S. The second kappa shape index (κ2) is 11.2. The van der Waals surface area contributed by atoms with E-state index in [0.29, 0.717) is 56.6 Å². The number of piperazine rings is 1. The van der Waals surface area contributed by atoms with Crippen molar-refractivity contribution < 1.29 is 18.0 Å². The van der Waals surface area contributed by atoms with E-state index in [9.17, 15) is 18.0 Å². The van der Waals surface area contributed by atoms with Crippen LogP contribution >= 0.6 is 0 Å². The van der Waals surface area contributed by atoms with Crippen molar-refractivity contribution in [3.05, 3.63) is 23.8 Å². The predicted octanol–water partition coefficient (Wildman–Crippen LogP) is 1.64. The largest absolute Gasteiger partial charge is 0.352 e. The highest BCUT2D eigenvalue weighted by atomic mass is 32.2. The molecule has 9 nitrogen and oxygen atoms in total. The lowest BCUT2D eigenvalue weighted by Gasteiger charge is -2.39. The first-order valence-electron chi connectivity index (χ1n) is 12.3. The molecule has 2 N–H and O–H groups in total. The van der Waals surface area contributed by atoms with E-state index in [0.717, 1.165) is 12.8 Å². The highest BCUT2D eigenvalue weighted by molar-refractivity contribution is 7.89. The minimum absolute atomic E-state index is 0.0802. The number of amides is 2. The summed E-state index contributed by atoms with van der Waals surface area (Å²) in [5, 5.41) is 5.95. The van der Waals surface area contributed by atoms with E-state index < -0.39 is 10.0 Å². The van der Waals surface area contributed by atoms with Gasteiger partial charge in [0.15, 0.2) is 0 Å². The van der Waals surface area contributed by atoms with Crippen LogP contribution in [0.25, 0.3) is 0 Å². The molecule has 10 heteroatoms. The molecule has 2 fully saturated rings. The molecule has 1 saturated carbocycles. The number of sulfonamides is 1. The Morgan fingerprint density at radius 3 is 2.03 bits per heavy atom. The van der Waals surface area contributed by atoms with Crippen LogP contribution in [0.5, 0.6) is 0 Å². The first kappa shape index (κ1) is 26.6. The highest BCUT2D eigenvalue weighted by Gasteiger charge is 2.32. The topological polar surface area (TPSA) is 102 Å². The number of nitrogens with one attached hydrogen (secondary N) is 2. The average Bonchev–Trinajstić information content (AvgIpc) is 3.63. The maximum absolute atomic E-state index is 13.0. The van der Waals surface area contributed by atoms with Gasteiger partial charge in [-0.15, -0.1) is 0 Å². The van der Waals surface area contributed by atoms with Crippen molar-refractivity contribution in [3.63, 3.8) is 0 Å². The number of benzene rings is 1. The van der Waals surface area contributed by atoms with Crippen LogP contribution in [0.4, 0.5) is 5.69 Å². The summed E-state index contributed by atoms with van der Waals surface area (Å²) in [6, 6.07) is 4.81. The smallest absolute Gasteiger partial charge is 0.243 e. The number of carbonyl (C=O) groups excluding carboxylic acids is 2. The fourth-order valence-electron chi connectivity index (χ4n) is 4.30. The normalized spacial score (nSPS) is 19.6. The Bertz CT molecular complexity index is 983. The third-order valence-electron chi connectivity index (χ3n) is 6.91. The van der Waals surface area contributed by atoms with Crippen molar-refractivity contribution in [2.45, 2.75) is 70.5 Å². The zero-order chi connectivity index (χ0) is 25.0. The van der Waals surface area contributed by atoms with E-state index in [-0.39, 0.29) is 28.8 Å². The van der Waals surface area contributed by atoms with Crippen LogP contribution in [0.15, 0.2) is 23.1 Å². The molecule has 190 valence electrons. The van der Waals surface area contributed by atoms with Crippen molar-refractivity contribution in [3.8, 4) is 0 Å². The van der Waals surface area contributed by atoms with Gasteiger partial charge in [-0.05, 0) is 51.3 Å². The fourth-order valence-corrected chi connectivity index (χ4v) is 6.01. The SMILES string of the molecule is CCN(CC)S(=O)(=O)c1cc(NC(=O)[C@H](C)N2CCN([C@@H](C)C(=O)NC3CC3)CC2)ccc1C. The van der Waals surface area contributed by atoms with E-state index in [4.69, 9.17) is 0 Å². The fraction of sp³-hybridized carbons (Fsp3) is 0.667. The van der Waals surface area contributed by atoms with E-state index in [2.05, 4.69) is 20.4 Å². The Hall–Kier alpha value is -2.01. The van der Waals surface area contributed by atoms with Crippen LogP contribution in [-0.4, -0.2) is 91.7 Å². The first-order valence-corrected chi connectivity index (χ1v) is 13.7. The number of rotatable bonds is 10. The van der Waals surface area contributed by atoms with Gasteiger partial charge in [0.1, 0.15) is 0 Å². The minimum atomic E-state index is -3.62. The lowest BCUT2D eigenvalue weighted by molar-refractivity contribution is -0.128. The Morgan fingerprint density at radius 1 is 1.00 bits per heavy atom. The molecule has 1 aromatic rings. The molecule has 1 aromatic carbocycles. The number of aryl methyl sites for hydroxylation is 1. The molecule has 0 aromatic heterocycles. The lowest BCUT2D eigenvalue weighted by Crippen LogP contribution is -2.57. The van der Waals surface area contributed by atoms with Crippen molar-refractivity contribution in [1.29, 1.82) is 0 Å². The first-order chi connectivity index (χ1) is 16.1. The molecule has 2 atom stereocenters. The summed E-state index contributed by atoms with van der Waals surface area (Å²) in [5.41, 5.74) is 1.12. The molecular weight excluding hydrogens is 454 g/mol. The predicted molar refractivity (Wildman–Crippen MR) is 133 cm³/mol. The molecule has 0 radical (unpaired) electrons. The molecule has 1 aliphatic heterocycles. The quantitative estimate of drug-likeness (QED) is 0.514.